The monoisotopic (exact) mass is 312 g/mol. The molecule has 0 N–H and O–H groups in total. The summed E-state index contributed by atoms with van der Waals surface area (Å²) in [6.45, 7) is 2.13. The summed E-state index contributed by atoms with van der Waals surface area (Å²) in [4.78, 5) is 0. The van der Waals surface area contributed by atoms with Crippen LogP contribution in [0.4, 0.5) is 0 Å². The van der Waals surface area contributed by atoms with Gasteiger partial charge in [-0.2, -0.15) is 0 Å². The number of benzene rings is 2. The summed E-state index contributed by atoms with van der Waals surface area (Å²) in [6.07, 6.45) is 3.29. The minimum atomic E-state index is -1.92. The summed E-state index contributed by atoms with van der Waals surface area (Å²) in [6, 6.07) is 16.7. The van der Waals surface area contributed by atoms with E-state index in [-0.39, 0.29) is 0 Å². The third kappa shape index (κ3) is 3.02. The second kappa shape index (κ2) is 6.37. The van der Waals surface area contributed by atoms with Crippen molar-refractivity contribution in [2.45, 2.75) is 31.9 Å². The molecular weight excluding hydrogens is 288 g/mol. The Morgan fingerprint density at radius 3 is 2.45 bits per heavy atom. The molecule has 0 atom stereocenters. The Labute approximate surface area is 134 Å². The molecule has 0 amide bonds. The van der Waals surface area contributed by atoms with Crippen LogP contribution in [-0.2, 0) is 21.7 Å². The summed E-state index contributed by atoms with van der Waals surface area (Å²) >= 11 is 0. The Balaban J connectivity index is 1.67. The van der Waals surface area contributed by atoms with Gasteiger partial charge in [-0.3, -0.25) is 0 Å². The van der Waals surface area contributed by atoms with E-state index in [0.29, 0.717) is 0 Å². The quantitative estimate of drug-likeness (QED) is 0.621. The van der Waals surface area contributed by atoms with Crippen LogP contribution in [0.5, 0.6) is 0 Å². The van der Waals surface area contributed by atoms with Crippen molar-refractivity contribution in [1.82, 2.24) is 0 Å². The maximum absolute atomic E-state index is 5.56. The minimum absolute atomic E-state index is 1.04. The van der Waals surface area contributed by atoms with Gasteiger partial charge >= 0.3 is 8.56 Å². The molecule has 2 aromatic carbocycles. The van der Waals surface area contributed by atoms with E-state index in [1.54, 1.807) is 14.2 Å². The Morgan fingerprint density at radius 2 is 1.68 bits per heavy atom. The highest BCUT2D eigenvalue weighted by Crippen LogP contribution is 2.36. The number of hydrogen-bond donors (Lipinski definition) is 0. The zero-order valence-corrected chi connectivity index (χ0v) is 14.7. The van der Waals surface area contributed by atoms with E-state index in [1.165, 1.54) is 27.8 Å². The third-order valence-corrected chi connectivity index (χ3v) is 7.81. The van der Waals surface area contributed by atoms with Crippen molar-refractivity contribution in [3.05, 3.63) is 59.2 Å². The third-order valence-electron chi connectivity index (χ3n) is 4.82. The second-order valence-corrected chi connectivity index (χ2v) is 9.81. The normalized spacial score (nSPS) is 13.0. The van der Waals surface area contributed by atoms with E-state index in [2.05, 4.69) is 49.0 Å². The molecule has 0 heterocycles. The summed E-state index contributed by atoms with van der Waals surface area (Å²) < 4.78 is 11.1. The highest BCUT2D eigenvalue weighted by atomic mass is 28.4. The lowest BCUT2D eigenvalue weighted by Gasteiger charge is -2.22. The number of rotatable bonds is 6. The maximum Gasteiger partial charge on any atom is 0.334 e. The lowest BCUT2D eigenvalue weighted by molar-refractivity contribution is 0.248. The van der Waals surface area contributed by atoms with Crippen LogP contribution in [0.3, 0.4) is 0 Å². The van der Waals surface area contributed by atoms with E-state index in [9.17, 15) is 0 Å². The van der Waals surface area contributed by atoms with Gasteiger partial charge in [-0.1, -0.05) is 42.5 Å². The van der Waals surface area contributed by atoms with Gasteiger partial charge < -0.3 is 8.85 Å². The smallest absolute Gasteiger partial charge is 0.334 e. The van der Waals surface area contributed by atoms with Gasteiger partial charge in [0.2, 0.25) is 0 Å². The van der Waals surface area contributed by atoms with Crippen molar-refractivity contribution in [3.8, 4) is 11.1 Å². The fraction of sp³-hybridized carbons (Fsp3) is 0.368. The molecule has 0 fully saturated rings. The molecule has 3 heteroatoms. The first-order valence-electron chi connectivity index (χ1n) is 7.95. The zero-order valence-electron chi connectivity index (χ0n) is 13.7. The van der Waals surface area contributed by atoms with E-state index < -0.39 is 8.56 Å². The van der Waals surface area contributed by atoms with E-state index in [1.807, 2.05) is 0 Å². The highest BCUT2D eigenvalue weighted by molar-refractivity contribution is 6.65. The van der Waals surface area contributed by atoms with Crippen LogP contribution < -0.4 is 0 Å². The lowest BCUT2D eigenvalue weighted by atomic mass is 10.0. The molecule has 0 aliphatic heterocycles. The van der Waals surface area contributed by atoms with Crippen molar-refractivity contribution >= 4 is 8.56 Å². The Hall–Kier alpha value is -1.42. The van der Waals surface area contributed by atoms with Crippen LogP contribution >= 0.6 is 0 Å². The van der Waals surface area contributed by atoms with Gasteiger partial charge in [-0.15, -0.1) is 0 Å². The van der Waals surface area contributed by atoms with Gasteiger partial charge in [0.1, 0.15) is 0 Å². The van der Waals surface area contributed by atoms with Crippen LogP contribution in [0.15, 0.2) is 42.5 Å². The molecule has 0 saturated carbocycles. The molecule has 0 saturated heterocycles. The van der Waals surface area contributed by atoms with Crippen LogP contribution in [-0.4, -0.2) is 22.8 Å². The first-order chi connectivity index (χ1) is 10.6. The van der Waals surface area contributed by atoms with Crippen molar-refractivity contribution in [3.63, 3.8) is 0 Å². The molecule has 0 aromatic heterocycles. The summed E-state index contributed by atoms with van der Waals surface area (Å²) in [5, 5.41) is 0. The summed E-state index contributed by atoms with van der Waals surface area (Å²) in [5.74, 6) is 0. The Bertz CT molecular complexity index is 662. The molecule has 116 valence electrons. The van der Waals surface area contributed by atoms with Crippen molar-refractivity contribution in [2.24, 2.45) is 0 Å². The molecule has 3 rings (SSSR count). The predicted octanol–water partition coefficient (Wildman–Crippen LogP) is 4.56. The number of aryl methyl sites for hydroxylation is 1. The Morgan fingerprint density at radius 1 is 0.955 bits per heavy atom. The molecule has 1 aliphatic rings. The first kappa shape index (κ1) is 15.5. The molecule has 0 radical (unpaired) electrons. The van der Waals surface area contributed by atoms with Gasteiger partial charge in [-0.05, 0) is 59.7 Å². The molecule has 0 spiro atoms. The average molecular weight is 312 g/mol. The highest BCUT2D eigenvalue weighted by Gasteiger charge is 2.27. The maximum atomic E-state index is 5.56. The second-order valence-electron chi connectivity index (χ2n) is 6.22. The topological polar surface area (TPSA) is 18.5 Å². The van der Waals surface area contributed by atoms with Crippen LogP contribution in [0, 0.1) is 0 Å². The lowest BCUT2D eigenvalue weighted by Crippen LogP contribution is -2.35. The standard InChI is InChI=1S/C19H24O2Si/c1-20-22(3,21-2)12-6-7-15-10-11-19-17(13-15)14-16-8-4-5-9-18(16)19/h4-5,8-11,13H,6-7,12,14H2,1-3H3. The van der Waals surface area contributed by atoms with Crippen molar-refractivity contribution < 1.29 is 8.85 Å². The van der Waals surface area contributed by atoms with E-state index in [4.69, 9.17) is 8.85 Å². The fourth-order valence-corrected chi connectivity index (χ4v) is 4.65. The molecule has 2 nitrogen and oxygen atoms in total. The van der Waals surface area contributed by atoms with Crippen LogP contribution in [0.25, 0.3) is 11.1 Å². The van der Waals surface area contributed by atoms with Gasteiger partial charge in [0.15, 0.2) is 0 Å². The minimum Gasteiger partial charge on any atom is -0.398 e. The average Bonchev–Trinajstić information content (AvgIpc) is 2.92. The number of hydrogen-bond acceptors (Lipinski definition) is 2. The predicted molar refractivity (Wildman–Crippen MR) is 93.4 cm³/mol. The van der Waals surface area contributed by atoms with Gasteiger partial charge in [-0.25, -0.2) is 0 Å². The summed E-state index contributed by atoms with van der Waals surface area (Å²) in [7, 11) is 1.61. The molecule has 2 aromatic rings. The van der Waals surface area contributed by atoms with Crippen molar-refractivity contribution in [1.29, 1.82) is 0 Å². The van der Waals surface area contributed by atoms with Crippen LogP contribution in [0.1, 0.15) is 23.1 Å². The van der Waals surface area contributed by atoms with Crippen LogP contribution in [0.2, 0.25) is 12.6 Å². The SMILES string of the molecule is CO[Si](C)(CCCc1ccc2c(c1)Cc1ccccc1-2)OC. The van der Waals surface area contributed by atoms with E-state index in [0.717, 1.165) is 25.3 Å². The fourth-order valence-electron chi connectivity index (χ4n) is 3.26. The van der Waals surface area contributed by atoms with E-state index >= 15 is 0 Å². The van der Waals surface area contributed by atoms with Gasteiger partial charge in [0.25, 0.3) is 0 Å². The first-order valence-corrected chi connectivity index (χ1v) is 10.5. The Kier molecular flexibility index (Phi) is 4.48. The largest absolute Gasteiger partial charge is 0.398 e. The molecule has 0 bridgehead atoms. The van der Waals surface area contributed by atoms with Gasteiger partial charge in [0, 0.05) is 14.2 Å². The molecular formula is C19H24O2Si. The van der Waals surface area contributed by atoms with Crippen molar-refractivity contribution in [2.75, 3.05) is 14.2 Å². The zero-order chi connectivity index (χ0) is 15.6. The summed E-state index contributed by atoms with van der Waals surface area (Å²) in [5.41, 5.74) is 7.16. The van der Waals surface area contributed by atoms with Gasteiger partial charge in [0.05, 0.1) is 0 Å². The molecule has 1 aliphatic carbocycles. The molecule has 0 unspecified atom stereocenters. The number of fused-ring (bicyclic) bond motifs is 3. The molecule has 22 heavy (non-hydrogen) atoms.